The van der Waals surface area contributed by atoms with E-state index in [9.17, 15) is 10.1 Å². The maximum Gasteiger partial charge on any atom is 0.235 e. The van der Waals surface area contributed by atoms with E-state index in [-0.39, 0.29) is 0 Å². The van der Waals surface area contributed by atoms with Crippen LogP contribution in [0.5, 0.6) is 5.75 Å². The predicted octanol–water partition coefficient (Wildman–Crippen LogP) is 2.79. The molecular weight excluding hydrogens is 232 g/mol. The highest BCUT2D eigenvalue weighted by Crippen LogP contribution is 2.26. The fraction of sp³-hybridized carbons (Fsp3) is 0.385. The van der Waals surface area contributed by atoms with Crippen LogP contribution in [0.1, 0.15) is 19.4 Å². The minimum atomic E-state index is -0.488. The van der Waals surface area contributed by atoms with Crippen molar-refractivity contribution in [2.45, 2.75) is 13.8 Å². The Bertz CT molecular complexity index is 440. The van der Waals surface area contributed by atoms with Crippen LogP contribution in [0.15, 0.2) is 24.4 Å². The van der Waals surface area contributed by atoms with Gasteiger partial charge in [0.05, 0.1) is 12.0 Å². The molecule has 0 saturated heterocycles. The normalized spacial score (nSPS) is 10.6. The third-order valence-electron chi connectivity index (χ3n) is 2.72. The highest BCUT2D eigenvalue weighted by molar-refractivity contribution is 5.63. The van der Waals surface area contributed by atoms with Gasteiger partial charge in [-0.3, -0.25) is 10.1 Å². The van der Waals surface area contributed by atoms with Gasteiger partial charge in [0, 0.05) is 36.5 Å². The van der Waals surface area contributed by atoms with Crippen LogP contribution in [0.25, 0.3) is 6.08 Å². The third kappa shape index (κ3) is 3.48. The van der Waals surface area contributed by atoms with Crippen LogP contribution in [-0.2, 0) is 0 Å². The van der Waals surface area contributed by atoms with Crippen LogP contribution in [0, 0.1) is 10.1 Å². The molecule has 0 radical (unpaired) electrons. The molecule has 0 N–H and O–H groups in total. The van der Waals surface area contributed by atoms with Gasteiger partial charge >= 0.3 is 0 Å². The summed E-state index contributed by atoms with van der Waals surface area (Å²) in [4.78, 5) is 12.0. The number of ether oxygens (including phenoxy) is 1. The maximum absolute atomic E-state index is 10.3. The highest BCUT2D eigenvalue weighted by atomic mass is 16.6. The topological polar surface area (TPSA) is 55.6 Å². The molecule has 0 amide bonds. The number of rotatable bonds is 6. The van der Waals surface area contributed by atoms with Crippen LogP contribution in [-0.4, -0.2) is 25.1 Å². The summed E-state index contributed by atoms with van der Waals surface area (Å²) < 4.78 is 5.26. The highest BCUT2D eigenvalue weighted by Gasteiger charge is 2.07. The van der Waals surface area contributed by atoms with Gasteiger partial charge in [-0.05, 0) is 26.0 Å². The molecule has 5 heteroatoms. The van der Waals surface area contributed by atoms with Gasteiger partial charge in [-0.1, -0.05) is 0 Å². The molecule has 1 aromatic carbocycles. The lowest BCUT2D eigenvalue weighted by Crippen LogP contribution is -2.21. The molecule has 0 spiro atoms. The summed E-state index contributed by atoms with van der Waals surface area (Å²) in [5.74, 6) is 0.637. The van der Waals surface area contributed by atoms with E-state index in [4.69, 9.17) is 4.74 Å². The van der Waals surface area contributed by atoms with Crippen LogP contribution in [0.2, 0.25) is 0 Å². The van der Waals surface area contributed by atoms with Crippen molar-refractivity contribution in [2.75, 3.05) is 25.1 Å². The molecule has 0 heterocycles. The third-order valence-corrected chi connectivity index (χ3v) is 2.72. The molecule has 1 aromatic rings. The first-order valence-electron chi connectivity index (χ1n) is 5.87. The fourth-order valence-corrected chi connectivity index (χ4v) is 1.76. The zero-order valence-electron chi connectivity index (χ0n) is 10.9. The van der Waals surface area contributed by atoms with Gasteiger partial charge in [-0.2, -0.15) is 0 Å². The van der Waals surface area contributed by atoms with Gasteiger partial charge in [-0.25, -0.2) is 0 Å². The molecular formula is C13H18N2O3. The van der Waals surface area contributed by atoms with E-state index in [1.54, 1.807) is 7.11 Å². The Morgan fingerprint density at radius 2 is 2.06 bits per heavy atom. The minimum absolute atomic E-state index is 0.488. The minimum Gasteiger partial charge on any atom is -0.496 e. The lowest BCUT2D eigenvalue weighted by molar-refractivity contribution is -0.400. The average molecular weight is 250 g/mol. The molecule has 18 heavy (non-hydrogen) atoms. The molecule has 0 aliphatic carbocycles. The molecule has 5 nitrogen and oxygen atoms in total. The maximum atomic E-state index is 10.3. The first kappa shape index (κ1) is 14.0. The van der Waals surface area contributed by atoms with Gasteiger partial charge in [0.1, 0.15) is 5.75 Å². The number of nitrogens with zero attached hydrogens (tertiary/aromatic N) is 2. The lowest BCUT2D eigenvalue weighted by atomic mass is 10.1. The van der Waals surface area contributed by atoms with Crippen LogP contribution in [0.3, 0.4) is 0 Å². The summed E-state index contributed by atoms with van der Waals surface area (Å²) in [7, 11) is 1.56. The van der Waals surface area contributed by atoms with Gasteiger partial charge in [0.15, 0.2) is 0 Å². The van der Waals surface area contributed by atoms with Gasteiger partial charge in [0.2, 0.25) is 6.20 Å². The lowest BCUT2D eigenvalue weighted by Gasteiger charge is -2.21. The molecule has 0 atom stereocenters. The Morgan fingerprint density at radius 3 is 2.56 bits per heavy atom. The molecule has 98 valence electrons. The van der Waals surface area contributed by atoms with Crippen molar-refractivity contribution in [1.82, 2.24) is 0 Å². The van der Waals surface area contributed by atoms with Crippen LogP contribution < -0.4 is 9.64 Å². The first-order chi connectivity index (χ1) is 8.62. The molecule has 0 aromatic heterocycles. The van der Waals surface area contributed by atoms with Crippen LogP contribution >= 0.6 is 0 Å². The van der Waals surface area contributed by atoms with Crippen molar-refractivity contribution in [3.63, 3.8) is 0 Å². The Balaban J connectivity index is 3.06. The Kier molecular flexibility index (Phi) is 5.17. The van der Waals surface area contributed by atoms with Crippen LogP contribution in [0.4, 0.5) is 5.69 Å². The smallest absolute Gasteiger partial charge is 0.235 e. The second-order valence-electron chi connectivity index (χ2n) is 3.70. The quantitative estimate of drug-likeness (QED) is 0.575. The van der Waals surface area contributed by atoms with Crippen molar-refractivity contribution in [2.24, 2.45) is 0 Å². The number of nitro groups is 1. The molecule has 0 saturated carbocycles. The Morgan fingerprint density at radius 1 is 1.39 bits per heavy atom. The standard InChI is InChI=1S/C13H18N2O3/c1-4-14(5-2)12-7-6-11(8-9-15(16)17)13(10-12)18-3/h6-10H,4-5H2,1-3H3/b9-8+. The second-order valence-corrected chi connectivity index (χ2v) is 3.70. The number of methoxy groups -OCH3 is 1. The van der Waals surface area contributed by atoms with E-state index in [0.29, 0.717) is 11.3 Å². The van der Waals surface area contributed by atoms with Crippen molar-refractivity contribution in [3.8, 4) is 5.75 Å². The Hall–Kier alpha value is -2.04. The molecule has 1 rings (SSSR count). The van der Waals surface area contributed by atoms with E-state index in [2.05, 4.69) is 18.7 Å². The zero-order valence-corrected chi connectivity index (χ0v) is 10.9. The van der Waals surface area contributed by atoms with E-state index in [1.807, 2.05) is 18.2 Å². The fourth-order valence-electron chi connectivity index (χ4n) is 1.76. The monoisotopic (exact) mass is 250 g/mol. The van der Waals surface area contributed by atoms with Crippen molar-refractivity contribution in [3.05, 3.63) is 40.1 Å². The second kappa shape index (κ2) is 6.64. The van der Waals surface area contributed by atoms with Crippen molar-refractivity contribution in [1.29, 1.82) is 0 Å². The predicted molar refractivity (Wildman–Crippen MR) is 72.6 cm³/mol. The largest absolute Gasteiger partial charge is 0.496 e. The molecule has 0 bridgehead atoms. The summed E-state index contributed by atoms with van der Waals surface area (Å²) in [6.45, 7) is 5.97. The van der Waals surface area contributed by atoms with Gasteiger partial charge < -0.3 is 9.64 Å². The summed E-state index contributed by atoms with van der Waals surface area (Å²) in [6.07, 6.45) is 2.35. The molecule has 0 fully saturated rings. The number of hydrogen-bond donors (Lipinski definition) is 0. The summed E-state index contributed by atoms with van der Waals surface area (Å²) >= 11 is 0. The van der Waals surface area contributed by atoms with Gasteiger partial charge in [0.25, 0.3) is 0 Å². The summed E-state index contributed by atoms with van der Waals surface area (Å²) in [5, 5.41) is 10.3. The molecule has 0 unspecified atom stereocenters. The number of anilines is 1. The van der Waals surface area contributed by atoms with Gasteiger partial charge in [-0.15, -0.1) is 0 Å². The summed E-state index contributed by atoms with van der Waals surface area (Å²) in [5.41, 5.74) is 1.75. The Labute approximate surface area is 107 Å². The van der Waals surface area contributed by atoms with E-state index in [0.717, 1.165) is 25.0 Å². The molecule has 0 aliphatic heterocycles. The first-order valence-corrected chi connectivity index (χ1v) is 5.87. The van der Waals surface area contributed by atoms with E-state index < -0.39 is 4.92 Å². The summed E-state index contributed by atoms with van der Waals surface area (Å²) in [6, 6.07) is 5.66. The SMILES string of the molecule is CCN(CC)c1ccc(/C=C/[N+](=O)[O-])c(OC)c1. The zero-order chi connectivity index (χ0) is 13.5. The van der Waals surface area contributed by atoms with Crippen molar-refractivity contribution >= 4 is 11.8 Å². The number of hydrogen-bond acceptors (Lipinski definition) is 4. The average Bonchev–Trinajstić information content (AvgIpc) is 2.38. The van der Waals surface area contributed by atoms with E-state index >= 15 is 0 Å². The van der Waals surface area contributed by atoms with Crippen molar-refractivity contribution < 1.29 is 9.66 Å². The van der Waals surface area contributed by atoms with E-state index in [1.165, 1.54) is 6.08 Å². The number of benzene rings is 1. The molecule has 0 aliphatic rings.